The van der Waals surface area contributed by atoms with Gasteiger partial charge in [-0.05, 0) is 54.8 Å². The molecule has 0 spiro atoms. The summed E-state index contributed by atoms with van der Waals surface area (Å²) < 4.78 is 0. The number of aliphatic carboxylic acids is 1. The predicted octanol–water partition coefficient (Wildman–Crippen LogP) is 2.17. The van der Waals surface area contributed by atoms with Gasteiger partial charge in [0.05, 0.1) is 5.92 Å². The molecular formula is C13H16O2. The third-order valence-electron chi connectivity index (χ3n) is 5.59. The van der Waals surface area contributed by atoms with Crippen molar-refractivity contribution in [2.45, 2.75) is 19.3 Å². The van der Waals surface area contributed by atoms with Crippen molar-refractivity contribution < 1.29 is 9.90 Å². The minimum atomic E-state index is -0.535. The minimum absolute atomic E-state index is 0.0102. The van der Waals surface area contributed by atoms with Gasteiger partial charge in [-0.1, -0.05) is 12.2 Å². The monoisotopic (exact) mass is 204 g/mol. The molecule has 80 valence electrons. The summed E-state index contributed by atoms with van der Waals surface area (Å²) in [7, 11) is 0. The van der Waals surface area contributed by atoms with Crippen molar-refractivity contribution in [1.29, 1.82) is 0 Å². The molecule has 4 aliphatic rings. The number of hydrogen-bond acceptors (Lipinski definition) is 1. The molecule has 15 heavy (non-hydrogen) atoms. The Morgan fingerprint density at radius 1 is 1.07 bits per heavy atom. The van der Waals surface area contributed by atoms with Gasteiger partial charge in [-0.25, -0.2) is 0 Å². The molecule has 4 bridgehead atoms. The van der Waals surface area contributed by atoms with Crippen LogP contribution in [0.3, 0.4) is 0 Å². The summed E-state index contributed by atoms with van der Waals surface area (Å²) in [5, 5.41) is 9.21. The number of allylic oxidation sites excluding steroid dienone is 2. The number of hydrogen-bond donors (Lipinski definition) is 1. The lowest BCUT2D eigenvalue weighted by Crippen LogP contribution is -2.34. The Hall–Kier alpha value is -0.790. The summed E-state index contributed by atoms with van der Waals surface area (Å²) in [6.45, 7) is 0. The Kier molecular flexibility index (Phi) is 1.38. The van der Waals surface area contributed by atoms with E-state index in [1.165, 1.54) is 12.8 Å². The van der Waals surface area contributed by atoms with Crippen LogP contribution in [0.4, 0.5) is 0 Å². The molecule has 0 radical (unpaired) electrons. The van der Waals surface area contributed by atoms with Crippen LogP contribution in [0.1, 0.15) is 19.3 Å². The topological polar surface area (TPSA) is 37.3 Å². The Morgan fingerprint density at radius 3 is 2.53 bits per heavy atom. The van der Waals surface area contributed by atoms with Crippen molar-refractivity contribution in [3.63, 3.8) is 0 Å². The molecule has 2 nitrogen and oxygen atoms in total. The maximum atomic E-state index is 11.2. The highest BCUT2D eigenvalue weighted by atomic mass is 16.4. The molecule has 0 amide bonds. The summed E-state index contributed by atoms with van der Waals surface area (Å²) in [4.78, 5) is 11.2. The van der Waals surface area contributed by atoms with E-state index in [1.807, 2.05) is 0 Å². The zero-order valence-corrected chi connectivity index (χ0v) is 8.67. The maximum Gasteiger partial charge on any atom is 0.306 e. The first kappa shape index (κ1) is 8.37. The van der Waals surface area contributed by atoms with Gasteiger partial charge in [-0.2, -0.15) is 0 Å². The number of carbonyl (C=O) groups is 1. The van der Waals surface area contributed by atoms with Gasteiger partial charge in [0.2, 0.25) is 0 Å². The summed E-state index contributed by atoms with van der Waals surface area (Å²) in [5.74, 6) is 3.84. The molecule has 3 saturated carbocycles. The van der Waals surface area contributed by atoms with E-state index in [4.69, 9.17) is 0 Å². The molecule has 0 saturated heterocycles. The fourth-order valence-corrected chi connectivity index (χ4v) is 5.30. The zero-order valence-electron chi connectivity index (χ0n) is 8.67. The molecule has 0 heterocycles. The standard InChI is InChI=1S/C13H16O2/c14-13(15)10-5-8-4-9(10)12-7-2-1-6(3-7)11(8)12/h1-2,6-12H,3-5H2,(H,14,15)/t6-,7+,8+,9-,10+,11+,12-/m1/s1. The van der Waals surface area contributed by atoms with Crippen molar-refractivity contribution in [3.8, 4) is 0 Å². The van der Waals surface area contributed by atoms with Crippen molar-refractivity contribution in [1.82, 2.24) is 0 Å². The van der Waals surface area contributed by atoms with E-state index < -0.39 is 5.97 Å². The van der Waals surface area contributed by atoms with E-state index >= 15 is 0 Å². The highest BCUT2D eigenvalue weighted by Gasteiger charge is 2.62. The van der Waals surface area contributed by atoms with Gasteiger partial charge in [0.15, 0.2) is 0 Å². The van der Waals surface area contributed by atoms with E-state index in [0.29, 0.717) is 5.92 Å². The summed E-state index contributed by atoms with van der Waals surface area (Å²) >= 11 is 0. The second kappa shape index (κ2) is 2.47. The minimum Gasteiger partial charge on any atom is -0.481 e. The molecule has 2 heteroatoms. The normalized spacial score (nSPS) is 58.8. The lowest BCUT2D eigenvalue weighted by Gasteiger charge is -2.34. The van der Waals surface area contributed by atoms with Gasteiger partial charge in [0, 0.05) is 0 Å². The Morgan fingerprint density at radius 2 is 1.80 bits per heavy atom. The first-order valence-electron chi connectivity index (χ1n) is 6.17. The Bertz CT molecular complexity index is 360. The second-order valence-electron chi connectivity index (χ2n) is 5.94. The van der Waals surface area contributed by atoms with Crippen LogP contribution in [-0.2, 0) is 4.79 Å². The molecule has 1 N–H and O–H groups in total. The number of carboxylic acid groups (broad SMARTS) is 1. The van der Waals surface area contributed by atoms with Gasteiger partial charge in [-0.3, -0.25) is 4.79 Å². The third kappa shape index (κ3) is 0.849. The lowest BCUT2D eigenvalue weighted by atomic mass is 9.69. The molecule has 0 unspecified atom stereocenters. The predicted molar refractivity (Wildman–Crippen MR) is 55.1 cm³/mol. The molecule has 4 rings (SSSR count). The van der Waals surface area contributed by atoms with E-state index in [-0.39, 0.29) is 5.92 Å². The molecule has 0 aromatic heterocycles. The van der Waals surface area contributed by atoms with E-state index in [9.17, 15) is 9.90 Å². The quantitative estimate of drug-likeness (QED) is 0.525. The largest absolute Gasteiger partial charge is 0.481 e. The van der Waals surface area contributed by atoms with E-state index in [2.05, 4.69) is 12.2 Å². The third-order valence-corrected chi connectivity index (χ3v) is 5.59. The summed E-state index contributed by atoms with van der Waals surface area (Å²) in [5.41, 5.74) is 0. The van der Waals surface area contributed by atoms with Crippen molar-refractivity contribution in [2.24, 2.45) is 41.4 Å². The fourth-order valence-electron chi connectivity index (χ4n) is 5.30. The van der Waals surface area contributed by atoms with Gasteiger partial charge in [0.1, 0.15) is 0 Å². The molecule has 4 aliphatic carbocycles. The molecule has 0 aromatic rings. The zero-order chi connectivity index (χ0) is 10.2. The first-order valence-corrected chi connectivity index (χ1v) is 6.17. The van der Waals surface area contributed by atoms with Gasteiger partial charge in [-0.15, -0.1) is 0 Å². The van der Waals surface area contributed by atoms with E-state index in [0.717, 1.165) is 36.0 Å². The van der Waals surface area contributed by atoms with Gasteiger partial charge >= 0.3 is 5.97 Å². The van der Waals surface area contributed by atoms with Crippen LogP contribution >= 0.6 is 0 Å². The Labute approximate surface area is 89.4 Å². The first-order chi connectivity index (χ1) is 7.25. The molecular weight excluding hydrogens is 188 g/mol. The number of fused-ring (bicyclic) bond motifs is 9. The molecule has 0 aromatic carbocycles. The Balaban J connectivity index is 1.71. The van der Waals surface area contributed by atoms with Gasteiger partial charge < -0.3 is 5.11 Å². The smallest absolute Gasteiger partial charge is 0.306 e. The average Bonchev–Trinajstić information content (AvgIpc) is 2.95. The number of rotatable bonds is 1. The van der Waals surface area contributed by atoms with Gasteiger partial charge in [0.25, 0.3) is 0 Å². The molecule has 0 aliphatic heterocycles. The lowest BCUT2D eigenvalue weighted by molar-refractivity contribution is -0.144. The summed E-state index contributed by atoms with van der Waals surface area (Å²) in [6, 6.07) is 0. The highest BCUT2D eigenvalue weighted by Crippen LogP contribution is 2.66. The van der Waals surface area contributed by atoms with Crippen LogP contribution in [0.25, 0.3) is 0 Å². The SMILES string of the molecule is O=C(O)[C@H]1C[C@@H]2C[C@H]1[C@@H]1[C@H]2[C@@H]2C=C[C@H]1C2. The average molecular weight is 204 g/mol. The number of carboxylic acids is 1. The van der Waals surface area contributed by atoms with Crippen molar-refractivity contribution >= 4 is 5.97 Å². The molecule has 7 atom stereocenters. The summed E-state index contributed by atoms with van der Waals surface area (Å²) in [6.07, 6.45) is 8.28. The van der Waals surface area contributed by atoms with E-state index in [1.54, 1.807) is 0 Å². The highest BCUT2D eigenvalue weighted by molar-refractivity contribution is 5.71. The second-order valence-corrected chi connectivity index (χ2v) is 5.94. The van der Waals surface area contributed by atoms with Crippen LogP contribution in [-0.4, -0.2) is 11.1 Å². The van der Waals surface area contributed by atoms with Crippen LogP contribution < -0.4 is 0 Å². The molecule has 3 fully saturated rings. The maximum absolute atomic E-state index is 11.2. The van der Waals surface area contributed by atoms with Crippen LogP contribution in [0.15, 0.2) is 12.2 Å². The van der Waals surface area contributed by atoms with Crippen molar-refractivity contribution in [2.75, 3.05) is 0 Å². The van der Waals surface area contributed by atoms with Crippen molar-refractivity contribution in [3.05, 3.63) is 12.2 Å². The van der Waals surface area contributed by atoms with Crippen LogP contribution in [0.2, 0.25) is 0 Å². The van der Waals surface area contributed by atoms with Crippen LogP contribution in [0.5, 0.6) is 0 Å². The van der Waals surface area contributed by atoms with Crippen LogP contribution in [0, 0.1) is 41.4 Å². The fraction of sp³-hybridized carbons (Fsp3) is 0.769.